The fraction of sp³-hybridized carbons (Fsp3) is 0.533. The van der Waals surface area contributed by atoms with E-state index >= 15 is 0 Å². The number of anilines is 1. The lowest BCUT2D eigenvalue weighted by atomic mass is 10.0. The van der Waals surface area contributed by atoms with E-state index in [1.165, 1.54) is 0 Å². The molecule has 0 saturated carbocycles. The van der Waals surface area contributed by atoms with E-state index in [1.54, 1.807) is 39.0 Å². The number of hydrogen-bond acceptors (Lipinski definition) is 4. The molecule has 1 rings (SSSR count). The second kappa shape index (κ2) is 7.58. The molecule has 1 heterocycles. The van der Waals surface area contributed by atoms with Gasteiger partial charge in [-0.25, -0.2) is 9.78 Å². The number of halogens is 1. The van der Waals surface area contributed by atoms with Crippen LogP contribution in [0.5, 0.6) is 0 Å². The van der Waals surface area contributed by atoms with Gasteiger partial charge >= 0.3 is 6.09 Å². The summed E-state index contributed by atoms with van der Waals surface area (Å²) in [5, 5.41) is 5.28. The molecule has 0 aliphatic heterocycles. The molecule has 0 unspecified atom stereocenters. The molecule has 0 aromatic carbocycles. The third-order valence-electron chi connectivity index (χ3n) is 2.59. The van der Waals surface area contributed by atoms with Crippen LogP contribution in [0.3, 0.4) is 0 Å². The molecule has 1 aromatic heterocycles. The highest BCUT2D eigenvalue weighted by Gasteiger charge is 2.27. The molecule has 122 valence electrons. The number of carbonyl (C=O) groups excluding carboxylic acids is 2. The molecular formula is C15H22BrN3O3. The number of alkyl carbamates (subject to hydrolysis) is 1. The van der Waals surface area contributed by atoms with Crippen LogP contribution in [0.4, 0.5) is 10.6 Å². The van der Waals surface area contributed by atoms with Crippen molar-refractivity contribution in [1.29, 1.82) is 0 Å². The smallest absolute Gasteiger partial charge is 0.408 e. The summed E-state index contributed by atoms with van der Waals surface area (Å²) >= 11 is 3.24. The van der Waals surface area contributed by atoms with E-state index in [9.17, 15) is 9.59 Å². The van der Waals surface area contributed by atoms with Crippen LogP contribution >= 0.6 is 15.9 Å². The molecule has 0 bridgehead atoms. The van der Waals surface area contributed by atoms with Crippen molar-refractivity contribution < 1.29 is 14.3 Å². The molecule has 1 atom stereocenters. The van der Waals surface area contributed by atoms with Crippen LogP contribution in [0.1, 0.15) is 34.6 Å². The minimum atomic E-state index is -0.712. The van der Waals surface area contributed by atoms with Gasteiger partial charge in [-0.2, -0.15) is 0 Å². The van der Waals surface area contributed by atoms with Gasteiger partial charge in [-0.05, 0) is 54.8 Å². The Kier molecular flexibility index (Phi) is 6.34. The molecule has 6 nitrogen and oxygen atoms in total. The molecule has 0 aliphatic rings. The first-order chi connectivity index (χ1) is 10.1. The summed E-state index contributed by atoms with van der Waals surface area (Å²) in [5.41, 5.74) is -0.617. The van der Waals surface area contributed by atoms with Gasteiger partial charge in [0.05, 0.1) is 0 Å². The third-order valence-corrected chi connectivity index (χ3v) is 3.03. The highest BCUT2D eigenvalue weighted by Crippen LogP contribution is 2.13. The average molecular weight is 372 g/mol. The van der Waals surface area contributed by atoms with Crippen molar-refractivity contribution >= 4 is 33.7 Å². The van der Waals surface area contributed by atoms with E-state index < -0.39 is 17.7 Å². The molecular weight excluding hydrogens is 350 g/mol. The van der Waals surface area contributed by atoms with Crippen molar-refractivity contribution in [1.82, 2.24) is 10.3 Å². The maximum Gasteiger partial charge on any atom is 0.408 e. The molecule has 0 spiro atoms. The van der Waals surface area contributed by atoms with Gasteiger partial charge < -0.3 is 15.4 Å². The van der Waals surface area contributed by atoms with Crippen molar-refractivity contribution in [3.8, 4) is 0 Å². The first-order valence-corrected chi connectivity index (χ1v) is 7.81. The summed E-state index contributed by atoms with van der Waals surface area (Å²) in [6.45, 7) is 8.99. The van der Waals surface area contributed by atoms with Crippen LogP contribution in [0, 0.1) is 5.92 Å². The zero-order valence-corrected chi connectivity index (χ0v) is 15.0. The minimum Gasteiger partial charge on any atom is -0.444 e. The zero-order valence-electron chi connectivity index (χ0n) is 13.4. The minimum absolute atomic E-state index is 0.0975. The lowest BCUT2D eigenvalue weighted by Gasteiger charge is -2.25. The summed E-state index contributed by atoms with van der Waals surface area (Å²) in [6.07, 6.45) is -0.622. The largest absolute Gasteiger partial charge is 0.444 e. The Morgan fingerprint density at radius 3 is 2.41 bits per heavy atom. The highest BCUT2D eigenvalue weighted by atomic mass is 79.9. The van der Waals surface area contributed by atoms with Crippen LogP contribution in [0.15, 0.2) is 22.8 Å². The summed E-state index contributed by atoms with van der Waals surface area (Å²) < 4.78 is 5.80. The van der Waals surface area contributed by atoms with Crippen LogP contribution in [0.2, 0.25) is 0 Å². The molecule has 22 heavy (non-hydrogen) atoms. The van der Waals surface area contributed by atoms with E-state index in [-0.39, 0.29) is 11.8 Å². The molecule has 2 N–H and O–H groups in total. The quantitative estimate of drug-likeness (QED) is 0.795. The van der Waals surface area contributed by atoms with Gasteiger partial charge in [0, 0.05) is 0 Å². The Labute approximate surface area is 139 Å². The number of aromatic nitrogens is 1. The predicted molar refractivity (Wildman–Crippen MR) is 88.6 cm³/mol. The molecule has 7 heteroatoms. The molecule has 0 fully saturated rings. The highest BCUT2D eigenvalue weighted by molar-refractivity contribution is 9.10. The van der Waals surface area contributed by atoms with E-state index in [4.69, 9.17) is 4.74 Å². The van der Waals surface area contributed by atoms with Crippen molar-refractivity contribution in [3.63, 3.8) is 0 Å². The van der Waals surface area contributed by atoms with Gasteiger partial charge in [0.2, 0.25) is 5.91 Å². The third kappa shape index (κ3) is 6.43. The molecule has 0 saturated heterocycles. The van der Waals surface area contributed by atoms with Crippen LogP contribution in [-0.2, 0) is 9.53 Å². The number of nitrogens with zero attached hydrogens (tertiary/aromatic N) is 1. The first-order valence-electron chi connectivity index (χ1n) is 7.01. The fourth-order valence-corrected chi connectivity index (χ4v) is 1.99. The summed E-state index contributed by atoms with van der Waals surface area (Å²) in [7, 11) is 0. The maximum atomic E-state index is 12.3. The van der Waals surface area contributed by atoms with Crippen molar-refractivity contribution in [3.05, 3.63) is 22.8 Å². The number of pyridine rings is 1. The standard InChI is InChI=1S/C15H22BrN3O3/c1-9(2)12(19-14(21)22-15(3,4)5)13(20)18-11-8-6-7-10(16)17-11/h6-9,12H,1-5H3,(H,19,21)(H,17,18,20)/t12-/m1/s1. The Hall–Kier alpha value is -1.63. The number of nitrogens with one attached hydrogen (secondary N) is 2. The number of hydrogen-bond donors (Lipinski definition) is 2. The second-order valence-electron chi connectivity index (χ2n) is 6.20. The maximum absolute atomic E-state index is 12.3. The summed E-state index contributed by atoms with van der Waals surface area (Å²) in [6, 6.07) is 4.48. The van der Waals surface area contributed by atoms with Crippen LogP contribution in [-0.4, -0.2) is 28.6 Å². The Bertz CT molecular complexity index is 541. The Morgan fingerprint density at radius 1 is 1.27 bits per heavy atom. The summed E-state index contributed by atoms with van der Waals surface area (Å²) in [4.78, 5) is 28.3. The molecule has 0 radical (unpaired) electrons. The zero-order chi connectivity index (χ0) is 16.9. The lowest BCUT2D eigenvalue weighted by molar-refractivity contribution is -0.119. The van der Waals surface area contributed by atoms with E-state index in [2.05, 4.69) is 31.5 Å². The second-order valence-corrected chi connectivity index (χ2v) is 7.02. The van der Waals surface area contributed by atoms with Crippen molar-refractivity contribution in [2.45, 2.75) is 46.3 Å². The fourth-order valence-electron chi connectivity index (χ4n) is 1.65. The number of amides is 2. The SMILES string of the molecule is CC(C)[C@@H](NC(=O)OC(C)(C)C)C(=O)Nc1cccc(Br)n1. The van der Waals surface area contributed by atoms with Crippen molar-refractivity contribution in [2.24, 2.45) is 5.92 Å². The molecule has 1 aromatic rings. The van der Waals surface area contributed by atoms with Gasteiger partial charge in [-0.3, -0.25) is 4.79 Å². The van der Waals surface area contributed by atoms with Crippen LogP contribution in [0.25, 0.3) is 0 Å². The number of carbonyl (C=O) groups is 2. The van der Waals surface area contributed by atoms with E-state index in [1.807, 2.05) is 13.8 Å². The number of ether oxygens (including phenoxy) is 1. The van der Waals surface area contributed by atoms with Gasteiger partial charge in [0.25, 0.3) is 0 Å². The average Bonchev–Trinajstić information content (AvgIpc) is 2.33. The summed E-state index contributed by atoms with van der Waals surface area (Å²) in [5.74, 6) is -0.0258. The van der Waals surface area contributed by atoms with Crippen LogP contribution < -0.4 is 10.6 Å². The first kappa shape index (κ1) is 18.4. The van der Waals surface area contributed by atoms with Gasteiger partial charge in [-0.15, -0.1) is 0 Å². The molecule has 2 amide bonds. The van der Waals surface area contributed by atoms with Gasteiger partial charge in [-0.1, -0.05) is 19.9 Å². The Balaban J connectivity index is 2.74. The van der Waals surface area contributed by atoms with Gasteiger partial charge in [0.15, 0.2) is 0 Å². The normalized spacial score (nSPS) is 12.7. The predicted octanol–water partition coefficient (Wildman–Crippen LogP) is 3.33. The topological polar surface area (TPSA) is 80.3 Å². The van der Waals surface area contributed by atoms with E-state index in [0.29, 0.717) is 10.4 Å². The molecule has 0 aliphatic carbocycles. The Morgan fingerprint density at radius 2 is 1.91 bits per heavy atom. The van der Waals surface area contributed by atoms with Crippen molar-refractivity contribution in [2.75, 3.05) is 5.32 Å². The van der Waals surface area contributed by atoms with E-state index in [0.717, 1.165) is 0 Å². The monoisotopic (exact) mass is 371 g/mol. The lowest BCUT2D eigenvalue weighted by Crippen LogP contribution is -2.48. The van der Waals surface area contributed by atoms with Gasteiger partial charge in [0.1, 0.15) is 22.1 Å². The number of rotatable bonds is 4.